The zero-order chi connectivity index (χ0) is 40.9. The summed E-state index contributed by atoms with van der Waals surface area (Å²) in [6.45, 7) is 3.57. The maximum Gasteiger partial charge on any atom is 0.262 e. The molecule has 4 aliphatic rings. The molecule has 0 spiro atoms. The van der Waals surface area contributed by atoms with Gasteiger partial charge in [-0.05, 0) is 43.5 Å². The van der Waals surface area contributed by atoms with Crippen LogP contribution in [0.3, 0.4) is 0 Å². The number of piperidine rings is 1. The first-order valence-electron chi connectivity index (χ1n) is 19.2. The van der Waals surface area contributed by atoms with E-state index in [0.29, 0.717) is 84.0 Å². The van der Waals surface area contributed by atoms with Crippen molar-refractivity contribution in [2.45, 2.75) is 51.0 Å². The van der Waals surface area contributed by atoms with Crippen molar-refractivity contribution in [2.24, 2.45) is 0 Å². The zero-order valence-corrected chi connectivity index (χ0v) is 32.3. The highest BCUT2D eigenvalue weighted by Crippen LogP contribution is 2.37. The first-order valence-corrected chi connectivity index (χ1v) is 20.1. The number of thiazole rings is 1. The molecule has 0 saturated carbocycles. The predicted molar refractivity (Wildman–Crippen MR) is 204 cm³/mol. The lowest BCUT2D eigenvalue weighted by atomic mass is 10.0. The van der Waals surface area contributed by atoms with Crippen LogP contribution in [0.2, 0.25) is 0 Å². The number of carbonyl (C=O) groups excluding carboxylic acids is 6. The number of rotatable bonds is 14. The third-order valence-electron chi connectivity index (χ3n) is 10.6. The van der Waals surface area contributed by atoms with Gasteiger partial charge in [-0.1, -0.05) is 12.8 Å². The Kier molecular flexibility index (Phi) is 12.6. The molecule has 4 aliphatic heterocycles. The molecule has 1 atom stereocenters. The van der Waals surface area contributed by atoms with Crippen molar-refractivity contribution < 1.29 is 51.4 Å². The van der Waals surface area contributed by atoms with Crippen LogP contribution in [0, 0.1) is 17.5 Å². The summed E-state index contributed by atoms with van der Waals surface area (Å²) >= 11 is 1.37. The summed E-state index contributed by atoms with van der Waals surface area (Å²) < 4.78 is 55.2. The number of hydrogen-bond acceptors (Lipinski definition) is 12. The topological polar surface area (TPSA) is 171 Å². The predicted octanol–water partition coefficient (Wildman–Crippen LogP) is 3.26. The Morgan fingerprint density at radius 2 is 1.60 bits per heavy atom. The standard InChI is InChI=1S/C39H42F3N7O8S/c40-26-7-6-23(28-22-58-39(44-28)48-15-17-56-18-16-48)35(34(26)42)57-21-32(51)43-10-4-2-1-3-5-33(52)47-13-11-46(12-14-47)30-20-25-24(19-27(30)41)37(54)49(38(25)55)29-8-9-31(50)45-36(29)53/h6-7,19-20,22,29H,1-5,8-18,21H2,(H,43,51)(H,45,50,53). The molecule has 2 aromatic carbocycles. The third kappa shape index (κ3) is 8.79. The van der Waals surface area contributed by atoms with E-state index >= 15 is 4.39 Å². The lowest BCUT2D eigenvalue weighted by Crippen LogP contribution is -2.54. The summed E-state index contributed by atoms with van der Waals surface area (Å²) in [5.74, 6) is -6.67. The Hall–Kier alpha value is -5.56. The number of unbranched alkanes of at least 4 members (excludes halogenated alkanes) is 3. The number of ether oxygens (including phenoxy) is 2. The van der Waals surface area contributed by atoms with Crippen LogP contribution in [0.4, 0.5) is 24.0 Å². The number of benzene rings is 2. The molecule has 3 fully saturated rings. The number of fused-ring (bicyclic) bond motifs is 1. The van der Waals surface area contributed by atoms with Crippen LogP contribution in [0.1, 0.15) is 65.7 Å². The van der Waals surface area contributed by atoms with E-state index in [1.165, 1.54) is 23.5 Å². The molecule has 58 heavy (non-hydrogen) atoms. The summed E-state index contributed by atoms with van der Waals surface area (Å²) in [5, 5.41) is 7.31. The molecule has 5 heterocycles. The largest absolute Gasteiger partial charge is 0.480 e. The van der Waals surface area contributed by atoms with E-state index in [2.05, 4.69) is 20.5 Å². The van der Waals surface area contributed by atoms with Crippen molar-refractivity contribution in [2.75, 3.05) is 75.4 Å². The monoisotopic (exact) mass is 825 g/mol. The summed E-state index contributed by atoms with van der Waals surface area (Å²) in [6, 6.07) is 3.54. The fraction of sp³-hybridized carbons (Fsp3) is 0.462. The van der Waals surface area contributed by atoms with Crippen LogP contribution >= 0.6 is 11.3 Å². The van der Waals surface area contributed by atoms with Crippen molar-refractivity contribution in [3.63, 3.8) is 0 Å². The van der Waals surface area contributed by atoms with Gasteiger partial charge in [0.25, 0.3) is 17.7 Å². The number of amides is 6. The van der Waals surface area contributed by atoms with Gasteiger partial charge in [-0.15, -0.1) is 11.3 Å². The second-order valence-corrected chi connectivity index (χ2v) is 15.2. The van der Waals surface area contributed by atoms with Crippen molar-refractivity contribution >= 4 is 57.6 Å². The lowest BCUT2D eigenvalue weighted by Gasteiger charge is -2.36. The Labute approximate surface area is 335 Å². The van der Waals surface area contributed by atoms with Crippen LogP contribution < -0.4 is 25.2 Å². The SMILES string of the molecule is O=C(COc1c(-c2csc(N3CCOCC3)n2)ccc(F)c1F)NCCCCCCC(=O)N1CCN(c2cc3c(cc2F)C(=O)N(C2CCC(=O)NC2=O)C3=O)CC1. The highest BCUT2D eigenvalue weighted by atomic mass is 32.1. The van der Waals surface area contributed by atoms with E-state index in [1.54, 1.807) is 15.2 Å². The number of hydrogen-bond donors (Lipinski definition) is 2. The van der Waals surface area contributed by atoms with Crippen LogP contribution in [0.5, 0.6) is 5.75 Å². The number of nitrogens with zero attached hydrogens (tertiary/aromatic N) is 5. The molecule has 2 N–H and O–H groups in total. The second-order valence-electron chi connectivity index (χ2n) is 14.3. The van der Waals surface area contributed by atoms with Crippen LogP contribution in [-0.2, 0) is 23.9 Å². The van der Waals surface area contributed by atoms with E-state index in [-0.39, 0.29) is 46.9 Å². The van der Waals surface area contributed by atoms with E-state index in [1.807, 2.05) is 0 Å². The average Bonchev–Trinajstić information content (AvgIpc) is 3.80. The van der Waals surface area contributed by atoms with Gasteiger partial charge in [0.05, 0.1) is 35.7 Å². The number of morpholine rings is 1. The van der Waals surface area contributed by atoms with Gasteiger partial charge in [-0.25, -0.2) is 13.8 Å². The normalized spacial score (nSPS) is 18.4. The first-order chi connectivity index (χ1) is 28.0. The molecular weight excluding hydrogens is 784 g/mol. The summed E-state index contributed by atoms with van der Waals surface area (Å²) in [6.07, 6.45) is 3.01. The maximum absolute atomic E-state index is 15.3. The number of halogens is 3. The molecule has 19 heteroatoms. The van der Waals surface area contributed by atoms with Crippen LogP contribution in [-0.4, -0.2) is 122 Å². The van der Waals surface area contributed by atoms with E-state index in [9.17, 15) is 37.5 Å². The van der Waals surface area contributed by atoms with E-state index in [4.69, 9.17) is 9.47 Å². The van der Waals surface area contributed by atoms with Gasteiger partial charge < -0.3 is 29.5 Å². The van der Waals surface area contributed by atoms with Crippen LogP contribution in [0.15, 0.2) is 29.6 Å². The maximum atomic E-state index is 15.3. The number of imide groups is 2. The summed E-state index contributed by atoms with van der Waals surface area (Å²) in [7, 11) is 0. The smallest absolute Gasteiger partial charge is 0.262 e. The minimum Gasteiger partial charge on any atom is -0.480 e. The Bertz CT molecular complexity index is 2100. The molecule has 1 aromatic heterocycles. The Morgan fingerprint density at radius 1 is 0.879 bits per heavy atom. The molecular formula is C39H42F3N7O8S. The number of aromatic nitrogens is 1. The molecule has 3 saturated heterocycles. The first kappa shape index (κ1) is 40.6. The quantitative estimate of drug-likeness (QED) is 0.181. The molecule has 308 valence electrons. The highest BCUT2D eigenvalue weighted by molar-refractivity contribution is 7.14. The van der Waals surface area contributed by atoms with Gasteiger partial charge >= 0.3 is 0 Å². The Balaban J connectivity index is 0.803. The van der Waals surface area contributed by atoms with E-state index < -0.39 is 59.6 Å². The minimum absolute atomic E-state index is 0.00602. The van der Waals surface area contributed by atoms with Gasteiger partial charge in [0.1, 0.15) is 11.9 Å². The third-order valence-corrected chi connectivity index (χ3v) is 11.5. The van der Waals surface area contributed by atoms with Crippen molar-refractivity contribution in [3.05, 3.63) is 58.2 Å². The molecule has 0 bridgehead atoms. The molecule has 15 nitrogen and oxygen atoms in total. The van der Waals surface area contributed by atoms with Crippen LogP contribution in [0.25, 0.3) is 11.3 Å². The molecule has 0 radical (unpaired) electrons. The fourth-order valence-electron chi connectivity index (χ4n) is 7.41. The van der Waals surface area contributed by atoms with Gasteiger partial charge in [0.2, 0.25) is 23.5 Å². The second kappa shape index (κ2) is 17.9. The van der Waals surface area contributed by atoms with Gasteiger partial charge in [-0.2, -0.15) is 4.39 Å². The van der Waals surface area contributed by atoms with Gasteiger partial charge in [0, 0.05) is 69.6 Å². The molecule has 3 aromatic rings. The number of carbonyl (C=O) groups is 6. The fourth-order valence-corrected chi connectivity index (χ4v) is 8.29. The van der Waals surface area contributed by atoms with E-state index in [0.717, 1.165) is 35.0 Å². The molecule has 1 unspecified atom stereocenters. The van der Waals surface area contributed by atoms with Gasteiger partial charge in [-0.3, -0.25) is 39.0 Å². The molecule has 7 rings (SSSR count). The van der Waals surface area contributed by atoms with Crippen molar-refractivity contribution in [1.29, 1.82) is 0 Å². The highest BCUT2D eigenvalue weighted by Gasteiger charge is 2.45. The molecule has 6 amide bonds. The average molecular weight is 826 g/mol. The number of anilines is 2. The Morgan fingerprint density at radius 3 is 2.34 bits per heavy atom. The zero-order valence-electron chi connectivity index (χ0n) is 31.5. The summed E-state index contributed by atoms with van der Waals surface area (Å²) in [4.78, 5) is 86.4. The van der Waals surface area contributed by atoms with Crippen molar-refractivity contribution in [1.82, 2.24) is 25.4 Å². The van der Waals surface area contributed by atoms with Crippen molar-refractivity contribution in [3.8, 4) is 17.0 Å². The number of nitrogens with one attached hydrogen (secondary N) is 2. The minimum atomic E-state index is -1.20. The van der Waals surface area contributed by atoms with Gasteiger partial charge in [0.15, 0.2) is 23.3 Å². The summed E-state index contributed by atoms with van der Waals surface area (Å²) in [5.41, 5.74) is 0.614. The number of piperazine rings is 1. The lowest BCUT2D eigenvalue weighted by molar-refractivity contribution is -0.136. The molecule has 0 aliphatic carbocycles.